The van der Waals surface area contributed by atoms with Crippen LogP contribution in [0.5, 0.6) is 0 Å². The Morgan fingerprint density at radius 3 is 2.86 bits per heavy atom. The van der Waals surface area contributed by atoms with Gasteiger partial charge in [-0.05, 0) is 25.1 Å². The lowest BCUT2D eigenvalue weighted by Gasteiger charge is -2.04. The van der Waals surface area contributed by atoms with Gasteiger partial charge in [0.15, 0.2) is 16.9 Å². The molecule has 106 valence electrons. The Morgan fingerprint density at radius 1 is 1.29 bits per heavy atom. The predicted molar refractivity (Wildman–Crippen MR) is 78.5 cm³/mol. The number of nitrogens with zero attached hydrogens (tertiary/aromatic N) is 1. The highest BCUT2D eigenvalue weighted by atomic mass is 16.3. The van der Waals surface area contributed by atoms with Crippen molar-refractivity contribution in [2.24, 2.45) is 0 Å². The first kappa shape index (κ1) is 13.1. The van der Waals surface area contributed by atoms with E-state index in [-0.39, 0.29) is 11.0 Å². The van der Waals surface area contributed by atoms with Gasteiger partial charge in [0, 0.05) is 30.6 Å². The van der Waals surface area contributed by atoms with Crippen LogP contribution in [0, 0.1) is 13.8 Å². The summed E-state index contributed by atoms with van der Waals surface area (Å²) < 4.78 is 5.37. The highest BCUT2D eigenvalue weighted by Gasteiger charge is 2.11. The second-order valence-corrected chi connectivity index (χ2v) is 4.76. The molecule has 0 saturated heterocycles. The number of fused-ring (bicyclic) bond motifs is 1. The molecule has 3 rings (SSSR count). The van der Waals surface area contributed by atoms with Gasteiger partial charge >= 0.3 is 0 Å². The monoisotopic (exact) mass is 283 g/mol. The molecule has 2 aromatic heterocycles. The molecule has 0 saturated carbocycles. The number of amides is 1. The zero-order valence-electron chi connectivity index (χ0n) is 11.6. The van der Waals surface area contributed by atoms with Crippen molar-refractivity contribution in [3.05, 3.63) is 57.8 Å². The van der Waals surface area contributed by atoms with Gasteiger partial charge in [0.2, 0.25) is 0 Å². The number of aromatic nitrogens is 2. The summed E-state index contributed by atoms with van der Waals surface area (Å²) >= 11 is 0. The quantitative estimate of drug-likeness (QED) is 0.755. The maximum absolute atomic E-state index is 12.1. The predicted octanol–water partition coefficient (Wildman–Crippen LogP) is 2.39. The number of pyridine rings is 1. The number of carbonyl (C=O) groups is 1. The van der Waals surface area contributed by atoms with Crippen LogP contribution >= 0.6 is 0 Å². The van der Waals surface area contributed by atoms with Gasteiger partial charge in [-0.25, -0.2) is 4.98 Å². The van der Waals surface area contributed by atoms with Gasteiger partial charge in [-0.3, -0.25) is 9.59 Å². The molecule has 0 aliphatic heterocycles. The van der Waals surface area contributed by atoms with Crippen LogP contribution in [-0.2, 0) is 0 Å². The number of rotatable bonds is 2. The number of anilines is 1. The number of hydrogen-bond acceptors (Lipinski definition) is 4. The molecule has 0 aliphatic carbocycles. The molecule has 0 aliphatic rings. The summed E-state index contributed by atoms with van der Waals surface area (Å²) in [7, 11) is 0. The van der Waals surface area contributed by atoms with E-state index in [9.17, 15) is 9.59 Å². The van der Waals surface area contributed by atoms with E-state index in [2.05, 4.69) is 15.3 Å². The van der Waals surface area contributed by atoms with Crippen LogP contribution in [0.2, 0.25) is 0 Å². The van der Waals surface area contributed by atoms with Crippen LogP contribution in [0.25, 0.3) is 11.1 Å². The second-order valence-electron chi connectivity index (χ2n) is 4.76. The Labute approximate surface area is 119 Å². The highest BCUT2D eigenvalue weighted by molar-refractivity contribution is 6.04. The standard InChI is InChI=1S/C15H13N3O3/c1-8-5-13(19)11(7-16-8)15(20)18-10-3-4-14-12(6-10)17-9(2)21-14/h3-7H,1-2H3,(H,16,19)(H,18,20). The van der Waals surface area contributed by atoms with E-state index in [0.29, 0.717) is 28.4 Å². The van der Waals surface area contributed by atoms with E-state index >= 15 is 0 Å². The Balaban J connectivity index is 1.90. The molecule has 2 N–H and O–H groups in total. The molecular weight excluding hydrogens is 270 g/mol. The SMILES string of the molecule is Cc1cc(=O)c(C(=O)Nc2ccc3oc(C)nc3c2)c[nH]1. The fourth-order valence-electron chi connectivity index (χ4n) is 2.07. The minimum absolute atomic E-state index is 0.0667. The summed E-state index contributed by atoms with van der Waals surface area (Å²) in [6.45, 7) is 3.51. The fraction of sp³-hybridized carbons (Fsp3) is 0.133. The van der Waals surface area contributed by atoms with E-state index in [1.807, 2.05) is 0 Å². The van der Waals surface area contributed by atoms with Crippen molar-refractivity contribution in [1.29, 1.82) is 0 Å². The van der Waals surface area contributed by atoms with Crippen LogP contribution in [0.1, 0.15) is 21.9 Å². The third-order valence-electron chi connectivity index (χ3n) is 3.05. The summed E-state index contributed by atoms with van der Waals surface area (Å²) in [5.74, 6) is 0.0965. The molecule has 6 heteroatoms. The van der Waals surface area contributed by atoms with Crippen molar-refractivity contribution >= 4 is 22.7 Å². The number of carbonyl (C=O) groups excluding carboxylic acids is 1. The molecule has 0 radical (unpaired) electrons. The first-order valence-electron chi connectivity index (χ1n) is 6.41. The Bertz CT molecular complexity index is 893. The maximum atomic E-state index is 12.1. The highest BCUT2D eigenvalue weighted by Crippen LogP contribution is 2.19. The van der Waals surface area contributed by atoms with Crippen LogP contribution in [-0.4, -0.2) is 15.9 Å². The number of benzene rings is 1. The largest absolute Gasteiger partial charge is 0.441 e. The van der Waals surface area contributed by atoms with E-state index in [0.717, 1.165) is 0 Å². The number of hydrogen-bond donors (Lipinski definition) is 2. The number of H-pyrrole nitrogens is 1. The fourth-order valence-corrected chi connectivity index (χ4v) is 2.07. The minimum Gasteiger partial charge on any atom is -0.441 e. The molecule has 3 aromatic rings. The normalized spacial score (nSPS) is 10.8. The lowest BCUT2D eigenvalue weighted by Crippen LogP contribution is -2.21. The first-order chi connectivity index (χ1) is 10.0. The van der Waals surface area contributed by atoms with E-state index in [4.69, 9.17) is 4.42 Å². The topological polar surface area (TPSA) is 88.0 Å². The molecule has 0 spiro atoms. The van der Waals surface area contributed by atoms with Crippen molar-refractivity contribution < 1.29 is 9.21 Å². The van der Waals surface area contributed by atoms with Crippen molar-refractivity contribution in [3.8, 4) is 0 Å². The summed E-state index contributed by atoms with van der Waals surface area (Å²) in [4.78, 5) is 30.9. The first-order valence-corrected chi connectivity index (χ1v) is 6.41. The molecule has 21 heavy (non-hydrogen) atoms. The van der Waals surface area contributed by atoms with Crippen LogP contribution in [0.15, 0.2) is 39.7 Å². The van der Waals surface area contributed by atoms with Gasteiger partial charge in [-0.15, -0.1) is 0 Å². The van der Waals surface area contributed by atoms with E-state index < -0.39 is 5.91 Å². The summed E-state index contributed by atoms with van der Waals surface area (Å²) in [5, 5.41) is 2.68. The molecule has 6 nitrogen and oxygen atoms in total. The van der Waals surface area contributed by atoms with E-state index in [1.54, 1.807) is 32.0 Å². The third-order valence-corrected chi connectivity index (χ3v) is 3.05. The Hall–Kier alpha value is -2.89. The van der Waals surface area contributed by atoms with Crippen LogP contribution in [0.4, 0.5) is 5.69 Å². The zero-order valence-corrected chi connectivity index (χ0v) is 11.6. The van der Waals surface area contributed by atoms with Gasteiger partial charge in [0.05, 0.1) is 0 Å². The summed E-state index contributed by atoms with van der Waals surface area (Å²) in [5.41, 5.74) is 2.32. The van der Waals surface area contributed by atoms with Crippen molar-refractivity contribution in [2.45, 2.75) is 13.8 Å². The van der Waals surface area contributed by atoms with Gasteiger partial charge < -0.3 is 14.7 Å². The smallest absolute Gasteiger partial charge is 0.261 e. The summed E-state index contributed by atoms with van der Waals surface area (Å²) in [6, 6.07) is 6.52. The molecule has 2 heterocycles. The van der Waals surface area contributed by atoms with Crippen molar-refractivity contribution in [3.63, 3.8) is 0 Å². The summed E-state index contributed by atoms with van der Waals surface area (Å²) in [6.07, 6.45) is 1.41. The van der Waals surface area contributed by atoms with E-state index in [1.165, 1.54) is 12.3 Å². The minimum atomic E-state index is -0.462. The second kappa shape index (κ2) is 4.90. The molecular formula is C15H13N3O3. The molecule has 0 fully saturated rings. The Morgan fingerprint density at radius 2 is 2.10 bits per heavy atom. The number of aryl methyl sites for hydroxylation is 2. The van der Waals surface area contributed by atoms with Crippen molar-refractivity contribution in [1.82, 2.24) is 9.97 Å². The van der Waals surface area contributed by atoms with Gasteiger partial charge in [0.1, 0.15) is 11.1 Å². The molecule has 1 amide bonds. The average molecular weight is 283 g/mol. The lowest BCUT2D eigenvalue weighted by atomic mass is 10.2. The third kappa shape index (κ3) is 2.55. The number of aromatic amines is 1. The molecule has 0 bridgehead atoms. The maximum Gasteiger partial charge on any atom is 0.261 e. The number of nitrogens with one attached hydrogen (secondary N) is 2. The average Bonchev–Trinajstić information content (AvgIpc) is 2.77. The number of oxazole rings is 1. The van der Waals surface area contributed by atoms with Gasteiger partial charge in [-0.2, -0.15) is 0 Å². The zero-order chi connectivity index (χ0) is 15.0. The van der Waals surface area contributed by atoms with Crippen LogP contribution < -0.4 is 10.7 Å². The van der Waals surface area contributed by atoms with Crippen molar-refractivity contribution in [2.75, 3.05) is 5.32 Å². The Kier molecular flexibility index (Phi) is 3.06. The lowest BCUT2D eigenvalue weighted by molar-refractivity contribution is 0.102. The molecule has 1 aromatic carbocycles. The molecule has 0 atom stereocenters. The van der Waals surface area contributed by atoms with Crippen LogP contribution in [0.3, 0.4) is 0 Å². The van der Waals surface area contributed by atoms with Gasteiger partial charge in [0.25, 0.3) is 5.91 Å². The van der Waals surface area contributed by atoms with Gasteiger partial charge in [-0.1, -0.05) is 0 Å². The molecule has 0 unspecified atom stereocenters.